The summed E-state index contributed by atoms with van der Waals surface area (Å²) in [7, 11) is 1.16. The Balaban J connectivity index is 2.85. The van der Waals surface area contributed by atoms with Gasteiger partial charge >= 0.3 is 6.09 Å². The van der Waals surface area contributed by atoms with E-state index in [2.05, 4.69) is 9.84 Å². The van der Waals surface area contributed by atoms with E-state index in [4.69, 9.17) is 34.8 Å². The molecule has 4 nitrogen and oxygen atoms in total. The van der Waals surface area contributed by atoms with Gasteiger partial charge in [0, 0.05) is 11.9 Å². The van der Waals surface area contributed by atoms with Crippen molar-refractivity contribution in [1.29, 1.82) is 0 Å². The molecule has 1 rings (SSSR count). The Bertz CT molecular complexity index is 482. The lowest BCUT2D eigenvalue weighted by Crippen LogP contribution is -2.22. The van der Waals surface area contributed by atoms with Crippen molar-refractivity contribution in [2.24, 2.45) is 5.10 Å². The lowest BCUT2D eigenvalue weighted by molar-refractivity contribution is 0.153. The molecule has 0 N–H and O–H groups in total. The number of alkyl halides is 3. The summed E-state index contributed by atoms with van der Waals surface area (Å²) in [6.45, 7) is 0. The molecule has 19 heavy (non-hydrogen) atoms. The topological polar surface area (TPSA) is 41.9 Å². The minimum absolute atomic E-state index is 0.428. The molecule has 0 fully saturated rings. The van der Waals surface area contributed by atoms with E-state index in [9.17, 15) is 9.18 Å². The fraction of sp³-hybridized carbons (Fsp3) is 0.200. The van der Waals surface area contributed by atoms with Crippen LogP contribution in [0.4, 0.5) is 9.18 Å². The van der Waals surface area contributed by atoms with Gasteiger partial charge in [-0.15, -0.1) is 4.41 Å². The molecule has 0 radical (unpaired) electrons. The third-order valence-corrected chi connectivity index (χ3v) is 2.93. The molecule has 0 spiro atoms. The first kappa shape index (κ1) is 16.4. The maximum atomic E-state index is 13.0. The molecule has 0 unspecified atom stereocenters. The van der Waals surface area contributed by atoms with E-state index < -0.39 is 15.0 Å². The van der Waals surface area contributed by atoms with Crippen LogP contribution in [0.3, 0.4) is 0 Å². The zero-order chi connectivity index (χ0) is 14.5. The number of carbonyl (C=O) groups excluding carboxylic acids is 1. The average molecular weight is 346 g/mol. The van der Waals surface area contributed by atoms with Crippen LogP contribution in [0.25, 0.3) is 0 Å². The highest BCUT2D eigenvalue weighted by Gasteiger charge is 2.29. The number of carbonyl (C=O) groups is 1. The number of halogens is 4. The van der Waals surface area contributed by atoms with Gasteiger partial charge in [-0.3, -0.25) is 0 Å². The Labute approximate surface area is 128 Å². The number of hydrogen-bond donors (Lipinski definition) is 0. The zero-order valence-electron chi connectivity index (χ0n) is 9.52. The maximum Gasteiger partial charge on any atom is 0.440 e. The molecule has 0 aliphatic carbocycles. The van der Waals surface area contributed by atoms with Gasteiger partial charge in [0.05, 0.1) is 13.3 Å². The molecule has 0 bridgehead atoms. The van der Waals surface area contributed by atoms with Crippen LogP contribution >= 0.6 is 46.8 Å². The Kier molecular flexibility index (Phi) is 6.19. The molecule has 0 aliphatic rings. The number of benzene rings is 1. The molecule has 1 aromatic rings. The second-order valence-corrected chi connectivity index (χ2v) is 7.17. The van der Waals surface area contributed by atoms with Gasteiger partial charge in [0.25, 0.3) is 3.12 Å². The number of hydrogen-bond acceptors (Lipinski definition) is 4. The van der Waals surface area contributed by atoms with Crippen molar-refractivity contribution in [3.63, 3.8) is 0 Å². The Morgan fingerprint density at radius 3 is 2.74 bits per heavy atom. The monoisotopic (exact) mass is 344 g/mol. The molecule has 0 atom stereocenters. The smallest absolute Gasteiger partial charge is 0.440 e. The summed E-state index contributed by atoms with van der Waals surface area (Å²) in [6.07, 6.45) is 0.410. The Morgan fingerprint density at radius 2 is 2.21 bits per heavy atom. The van der Waals surface area contributed by atoms with Gasteiger partial charge in [-0.2, -0.15) is 5.10 Å². The number of methoxy groups -OCH3 is 1. The van der Waals surface area contributed by atoms with Gasteiger partial charge in [0.15, 0.2) is 0 Å². The predicted molar refractivity (Wildman–Crippen MR) is 76.1 cm³/mol. The molecule has 104 valence electrons. The van der Waals surface area contributed by atoms with Crippen molar-refractivity contribution < 1.29 is 13.9 Å². The normalized spacial score (nSPS) is 11.6. The summed E-state index contributed by atoms with van der Waals surface area (Å²) < 4.78 is 16.4. The fourth-order valence-corrected chi connectivity index (χ4v) is 2.02. The Morgan fingerprint density at radius 1 is 1.53 bits per heavy atom. The van der Waals surface area contributed by atoms with Gasteiger partial charge in [0.1, 0.15) is 5.82 Å². The van der Waals surface area contributed by atoms with Gasteiger partial charge in [-0.05, 0) is 17.7 Å². The van der Waals surface area contributed by atoms with Crippen LogP contribution in [0.5, 0.6) is 0 Å². The van der Waals surface area contributed by atoms with Crippen LogP contribution < -0.4 is 0 Å². The highest BCUT2D eigenvalue weighted by atomic mass is 35.6. The molecule has 0 saturated heterocycles. The predicted octanol–water partition coefficient (Wildman–Crippen LogP) is 4.20. The maximum absolute atomic E-state index is 13.0. The summed E-state index contributed by atoms with van der Waals surface area (Å²) in [4.78, 5) is 11.4. The standard InChI is InChI=1S/C10H8Cl3FN2O2S/c1-18-9(17)16(19-10(11,12)13)15-6-7-3-2-4-8(14)5-7/h2-6H,1H3. The quantitative estimate of drug-likeness (QED) is 0.357. The number of ether oxygens (including phenoxy) is 1. The largest absolute Gasteiger partial charge is 0.451 e. The molecule has 9 heteroatoms. The third-order valence-electron chi connectivity index (χ3n) is 1.68. The van der Waals surface area contributed by atoms with Crippen LogP contribution in [0.2, 0.25) is 0 Å². The van der Waals surface area contributed by atoms with Crippen molar-refractivity contribution >= 4 is 59.1 Å². The Hall–Kier alpha value is -0.690. The molecule has 0 aromatic heterocycles. The fourth-order valence-electron chi connectivity index (χ4n) is 0.990. The molecule has 0 saturated carbocycles. The van der Waals surface area contributed by atoms with Crippen LogP contribution in [0, 0.1) is 5.82 Å². The van der Waals surface area contributed by atoms with E-state index in [-0.39, 0.29) is 0 Å². The number of amides is 1. The first-order valence-corrected chi connectivity index (χ1v) is 6.66. The SMILES string of the molecule is COC(=O)N(N=Cc1cccc(F)c1)SC(Cl)(Cl)Cl. The molecule has 0 heterocycles. The van der Waals surface area contributed by atoms with E-state index in [0.29, 0.717) is 17.5 Å². The number of hydrazone groups is 1. The van der Waals surface area contributed by atoms with Gasteiger partial charge < -0.3 is 4.74 Å². The van der Waals surface area contributed by atoms with Crippen molar-refractivity contribution in [1.82, 2.24) is 4.41 Å². The lowest BCUT2D eigenvalue weighted by atomic mass is 10.2. The van der Waals surface area contributed by atoms with E-state index in [0.717, 1.165) is 11.5 Å². The van der Waals surface area contributed by atoms with Crippen LogP contribution in [-0.2, 0) is 4.74 Å². The average Bonchev–Trinajstić information content (AvgIpc) is 2.32. The van der Waals surface area contributed by atoms with Gasteiger partial charge in [0.2, 0.25) is 0 Å². The van der Waals surface area contributed by atoms with Crippen molar-refractivity contribution in [2.75, 3.05) is 7.11 Å². The minimum atomic E-state index is -1.78. The second kappa shape index (κ2) is 7.19. The van der Waals surface area contributed by atoms with Crippen molar-refractivity contribution in [2.45, 2.75) is 3.12 Å². The first-order valence-electron chi connectivity index (χ1n) is 4.75. The summed E-state index contributed by atoms with van der Waals surface area (Å²) in [6, 6.07) is 5.62. The summed E-state index contributed by atoms with van der Waals surface area (Å²) >= 11 is 17.2. The van der Waals surface area contributed by atoms with E-state index in [1.165, 1.54) is 24.4 Å². The summed E-state index contributed by atoms with van der Waals surface area (Å²) in [5.41, 5.74) is 0.443. The van der Waals surface area contributed by atoms with Crippen LogP contribution in [0.15, 0.2) is 29.4 Å². The van der Waals surface area contributed by atoms with Gasteiger partial charge in [-0.1, -0.05) is 46.9 Å². The third kappa shape index (κ3) is 6.33. The zero-order valence-corrected chi connectivity index (χ0v) is 12.6. The minimum Gasteiger partial charge on any atom is -0.451 e. The highest BCUT2D eigenvalue weighted by molar-refractivity contribution is 8.03. The first-order chi connectivity index (χ1) is 8.81. The van der Waals surface area contributed by atoms with Crippen LogP contribution in [-0.4, -0.2) is 27.0 Å². The lowest BCUT2D eigenvalue weighted by Gasteiger charge is -2.18. The molecule has 1 aromatic carbocycles. The molecular formula is C10H8Cl3FN2O2S. The van der Waals surface area contributed by atoms with E-state index >= 15 is 0 Å². The number of rotatable bonds is 3. The van der Waals surface area contributed by atoms with Crippen molar-refractivity contribution in [3.8, 4) is 0 Å². The van der Waals surface area contributed by atoms with E-state index in [1.807, 2.05) is 0 Å². The summed E-state index contributed by atoms with van der Waals surface area (Å²) in [5, 5.41) is 3.77. The molecule has 1 amide bonds. The highest BCUT2D eigenvalue weighted by Crippen LogP contribution is 2.41. The summed E-state index contributed by atoms with van der Waals surface area (Å²) in [5.74, 6) is -0.428. The van der Waals surface area contributed by atoms with Crippen LogP contribution in [0.1, 0.15) is 5.56 Å². The molecular weight excluding hydrogens is 338 g/mol. The van der Waals surface area contributed by atoms with E-state index in [1.54, 1.807) is 6.07 Å². The number of nitrogens with zero attached hydrogens (tertiary/aromatic N) is 2. The van der Waals surface area contributed by atoms with Crippen molar-refractivity contribution in [3.05, 3.63) is 35.6 Å². The second-order valence-electron chi connectivity index (χ2n) is 3.08. The molecule has 0 aliphatic heterocycles. The van der Waals surface area contributed by atoms with Gasteiger partial charge in [-0.25, -0.2) is 9.18 Å².